The number of para-hydroxylation sites is 1. The molecule has 0 saturated carbocycles. The Kier molecular flexibility index (Phi) is 6.18. The maximum absolute atomic E-state index is 13.4. The van der Waals surface area contributed by atoms with Gasteiger partial charge in [0, 0.05) is 12.2 Å². The summed E-state index contributed by atoms with van der Waals surface area (Å²) in [5, 5.41) is 4.08. The van der Waals surface area contributed by atoms with Crippen molar-refractivity contribution in [2.45, 2.75) is 36.1 Å². The molecule has 0 radical (unpaired) electrons. The number of thioether (sulfide) groups is 1. The van der Waals surface area contributed by atoms with Crippen molar-refractivity contribution in [3.05, 3.63) is 82.5 Å². The Hall–Kier alpha value is -3.69. The van der Waals surface area contributed by atoms with Crippen LogP contribution in [-0.2, 0) is 4.79 Å². The van der Waals surface area contributed by atoms with Crippen molar-refractivity contribution in [1.82, 2.24) is 24.8 Å². The lowest BCUT2D eigenvalue weighted by molar-refractivity contribution is -0.121. The Morgan fingerprint density at radius 3 is 2.62 bits per heavy atom. The molecule has 188 valence electrons. The molecule has 2 aliphatic heterocycles. The van der Waals surface area contributed by atoms with Gasteiger partial charge < -0.3 is 15.0 Å². The van der Waals surface area contributed by atoms with E-state index in [0.29, 0.717) is 22.6 Å². The molecule has 37 heavy (non-hydrogen) atoms. The minimum Gasteiger partial charge on any atom is -0.457 e. The van der Waals surface area contributed by atoms with Gasteiger partial charge >= 0.3 is 5.69 Å². The number of pyridine rings is 1. The van der Waals surface area contributed by atoms with E-state index in [1.54, 1.807) is 10.8 Å². The highest BCUT2D eigenvalue weighted by molar-refractivity contribution is 8.00. The van der Waals surface area contributed by atoms with Crippen LogP contribution >= 0.6 is 11.8 Å². The number of piperidine rings is 1. The summed E-state index contributed by atoms with van der Waals surface area (Å²) in [6.07, 6.45) is 3.51. The number of hydrogen-bond donors (Lipinski definition) is 1. The van der Waals surface area contributed by atoms with Crippen LogP contribution in [0.25, 0.3) is 16.6 Å². The maximum Gasteiger partial charge on any atom is 0.352 e. The number of amides is 1. The van der Waals surface area contributed by atoms with Gasteiger partial charge in [0.05, 0.1) is 22.3 Å². The zero-order valence-electron chi connectivity index (χ0n) is 20.7. The van der Waals surface area contributed by atoms with Crippen LogP contribution in [0.2, 0.25) is 0 Å². The molecule has 9 heteroatoms. The van der Waals surface area contributed by atoms with Gasteiger partial charge in [-0.15, -0.1) is 0 Å². The third-order valence-corrected chi connectivity index (χ3v) is 8.17. The zero-order chi connectivity index (χ0) is 25.5. The van der Waals surface area contributed by atoms with E-state index in [-0.39, 0.29) is 11.9 Å². The number of aryl methyl sites for hydroxylation is 1. The second kappa shape index (κ2) is 9.64. The molecule has 0 aliphatic carbocycles. The van der Waals surface area contributed by atoms with E-state index in [9.17, 15) is 9.59 Å². The molecule has 0 bridgehead atoms. The normalized spacial score (nSPS) is 17.7. The fourth-order valence-electron chi connectivity index (χ4n) is 5.03. The third kappa shape index (κ3) is 4.49. The monoisotopic (exact) mass is 513 g/mol. The molecule has 8 nitrogen and oxygen atoms in total. The maximum atomic E-state index is 13.4. The number of carbonyl (C=O) groups excluding carboxylic acids is 1. The van der Waals surface area contributed by atoms with E-state index >= 15 is 0 Å². The van der Waals surface area contributed by atoms with Crippen molar-refractivity contribution >= 4 is 28.6 Å². The van der Waals surface area contributed by atoms with Crippen molar-refractivity contribution in [3.63, 3.8) is 0 Å². The first kappa shape index (κ1) is 23.7. The predicted molar refractivity (Wildman–Crippen MR) is 144 cm³/mol. The first-order chi connectivity index (χ1) is 18.0. The molecule has 2 aromatic heterocycles. The van der Waals surface area contributed by atoms with E-state index in [2.05, 4.69) is 27.2 Å². The number of nitrogens with zero attached hydrogens (tertiary/aromatic N) is 4. The Morgan fingerprint density at radius 1 is 1.08 bits per heavy atom. The third-order valence-electron chi connectivity index (χ3n) is 6.97. The number of aromatic nitrogens is 3. The van der Waals surface area contributed by atoms with Gasteiger partial charge in [-0.2, -0.15) is 4.98 Å². The molecular formula is C28H27N5O3S. The van der Waals surface area contributed by atoms with Gasteiger partial charge in [-0.1, -0.05) is 30.0 Å². The number of nitrogens with one attached hydrogen (secondary N) is 1. The van der Waals surface area contributed by atoms with E-state index in [1.807, 2.05) is 61.5 Å². The van der Waals surface area contributed by atoms with Crippen molar-refractivity contribution in [3.8, 4) is 17.2 Å². The fraction of sp³-hybridized carbons (Fsp3) is 0.286. The molecule has 0 spiro atoms. The van der Waals surface area contributed by atoms with E-state index in [0.717, 1.165) is 47.7 Å². The lowest BCUT2D eigenvalue weighted by Gasteiger charge is -2.30. The first-order valence-electron chi connectivity index (χ1n) is 12.4. The number of ether oxygens (including phenoxy) is 1. The molecule has 1 N–H and O–H groups in total. The first-order valence-corrected chi connectivity index (χ1v) is 13.3. The molecular weight excluding hydrogens is 486 g/mol. The summed E-state index contributed by atoms with van der Waals surface area (Å²) < 4.78 is 7.56. The second-order valence-electron chi connectivity index (χ2n) is 9.57. The summed E-state index contributed by atoms with van der Waals surface area (Å²) in [7, 11) is 2.09. The second-order valence-corrected chi connectivity index (χ2v) is 10.7. The Morgan fingerprint density at radius 2 is 1.86 bits per heavy atom. The van der Waals surface area contributed by atoms with Crippen LogP contribution in [0.4, 0.5) is 0 Å². The molecule has 4 heterocycles. The van der Waals surface area contributed by atoms with E-state index in [4.69, 9.17) is 4.74 Å². The van der Waals surface area contributed by atoms with Gasteiger partial charge in [0.2, 0.25) is 5.91 Å². The van der Waals surface area contributed by atoms with E-state index in [1.165, 1.54) is 11.8 Å². The number of hydrogen-bond acceptors (Lipinski definition) is 7. The summed E-state index contributed by atoms with van der Waals surface area (Å²) in [5.74, 6) is 1.32. The van der Waals surface area contributed by atoms with Gasteiger partial charge in [0.15, 0.2) is 0 Å². The highest BCUT2D eigenvalue weighted by Crippen LogP contribution is 2.47. The molecule has 1 unspecified atom stereocenters. The molecule has 1 amide bonds. The van der Waals surface area contributed by atoms with Gasteiger partial charge in [-0.3, -0.25) is 9.36 Å². The van der Waals surface area contributed by atoms with Crippen LogP contribution in [-0.4, -0.2) is 51.5 Å². The van der Waals surface area contributed by atoms with E-state index < -0.39 is 10.9 Å². The van der Waals surface area contributed by atoms with Crippen LogP contribution in [0.15, 0.2) is 70.6 Å². The SMILES string of the molecule is Cc1cc(Oc2ccccc2)ccc1-n1c(=O)nc2c3c(nccc31)SC2C(=O)NC1CCN(C)CC1. The number of rotatable bonds is 5. The van der Waals surface area contributed by atoms with Gasteiger partial charge in [-0.25, -0.2) is 9.78 Å². The molecule has 1 atom stereocenters. The highest BCUT2D eigenvalue weighted by Gasteiger charge is 2.36. The predicted octanol–water partition coefficient (Wildman–Crippen LogP) is 4.24. The Bertz CT molecular complexity index is 1550. The summed E-state index contributed by atoms with van der Waals surface area (Å²) in [6.45, 7) is 3.85. The molecule has 2 aromatic carbocycles. The average molecular weight is 514 g/mol. The zero-order valence-corrected chi connectivity index (χ0v) is 21.5. The van der Waals surface area contributed by atoms with Crippen LogP contribution in [0.5, 0.6) is 11.5 Å². The summed E-state index contributed by atoms with van der Waals surface area (Å²) in [5.41, 5.74) is 2.36. The largest absolute Gasteiger partial charge is 0.457 e. The van der Waals surface area contributed by atoms with Crippen molar-refractivity contribution in [2.24, 2.45) is 0 Å². The quantitative estimate of drug-likeness (QED) is 0.427. The molecule has 1 saturated heterocycles. The van der Waals surface area contributed by atoms with Gasteiger partial charge in [-0.05, 0) is 81.9 Å². The molecule has 2 aliphatic rings. The summed E-state index contributed by atoms with van der Waals surface area (Å²) in [4.78, 5) is 37.9. The van der Waals surface area contributed by atoms with Crippen LogP contribution in [0.1, 0.15) is 29.3 Å². The Balaban J connectivity index is 1.34. The van der Waals surface area contributed by atoms with Crippen molar-refractivity contribution < 1.29 is 9.53 Å². The molecule has 6 rings (SSSR count). The number of likely N-dealkylation sites (tertiary alicyclic amines) is 1. The smallest absolute Gasteiger partial charge is 0.352 e. The number of benzene rings is 2. The standard InChI is InChI=1S/C28H27N5O3S/c1-17-16-20(36-19-6-4-3-5-7-19)8-9-21(17)33-22-10-13-29-27-23(22)24(31-28(33)35)25(37-27)26(34)30-18-11-14-32(2)15-12-18/h3-10,13,16,18,25H,11-12,14-15H2,1-2H3,(H,30,34). The molecule has 1 fully saturated rings. The molecule has 4 aromatic rings. The van der Waals surface area contributed by atoms with Crippen molar-refractivity contribution in [1.29, 1.82) is 0 Å². The van der Waals surface area contributed by atoms with Gasteiger partial charge in [0.25, 0.3) is 0 Å². The lowest BCUT2D eigenvalue weighted by Crippen LogP contribution is -2.44. The fourth-order valence-corrected chi connectivity index (χ4v) is 6.16. The minimum atomic E-state index is -0.586. The topological polar surface area (TPSA) is 89.4 Å². The van der Waals surface area contributed by atoms with Crippen LogP contribution in [0, 0.1) is 6.92 Å². The lowest BCUT2D eigenvalue weighted by atomic mass is 10.0. The average Bonchev–Trinajstić information content (AvgIpc) is 3.27. The highest BCUT2D eigenvalue weighted by atomic mass is 32.2. The summed E-state index contributed by atoms with van der Waals surface area (Å²) >= 11 is 1.36. The Labute approximate surface area is 218 Å². The minimum absolute atomic E-state index is 0.109. The van der Waals surface area contributed by atoms with Gasteiger partial charge in [0.1, 0.15) is 21.8 Å². The van der Waals surface area contributed by atoms with Crippen LogP contribution in [0.3, 0.4) is 0 Å². The van der Waals surface area contributed by atoms with Crippen LogP contribution < -0.4 is 15.7 Å². The van der Waals surface area contributed by atoms with Crippen molar-refractivity contribution in [2.75, 3.05) is 20.1 Å². The summed E-state index contributed by atoms with van der Waals surface area (Å²) in [6, 6.07) is 17.1. The number of carbonyl (C=O) groups is 1.